The highest BCUT2D eigenvalue weighted by Gasteiger charge is 2.33. The lowest BCUT2D eigenvalue weighted by atomic mass is 10.2. The van der Waals surface area contributed by atoms with Crippen LogP contribution in [0.1, 0.15) is 19.4 Å². The molecule has 1 heterocycles. The van der Waals surface area contributed by atoms with E-state index in [0.717, 1.165) is 16.8 Å². The molecule has 0 bridgehead atoms. The fourth-order valence-corrected chi connectivity index (χ4v) is 4.52. The van der Waals surface area contributed by atoms with Crippen molar-refractivity contribution in [2.24, 2.45) is 0 Å². The number of anilines is 1. The summed E-state index contributed by atoms with van der Waals surface area (Å²) in [5, 5.41) is 4.54. The highest BCUT2D eigenvalue weighted by atomic mass is 35.5. The normalized spacial score (nSPS) is 14.6. The first-order valence-corrected chi connectivity index (χ1v) is 12.0. The number of urea groups is 1. The third-order valence-electron chi connectivity index (χ3n) is 4.10. The van der Waals surface area contributed by atoms with Gasteiger partial charge in [-0.3, -0.25) is 4.79 Å². The highest BCUT2D eigenvalue weighted by Crippen LogP contribution is 2.39. The predicted octanol–water partition coefficient (Wildman–Crippen LogP) is 6.38. The van der Waals surface area contributed by atoms with Crippen molar-refractivity contribution in [2.75, 3.05) is 18.5 Å². The number of hydrazine groups is 1. The van der Waals surface area contributed by atoms with E-state index in [9.17, 15) is 9.59 Å². The zero-order chi connectivity index (χ0) is 24.1. The number of hydrogen-bond acceptors (Lipinski definition) is 6. The Labute approximate surface area is 215 Å². The Morgan fingerprint density at radius 1 is 1.09 bits per heavy atom. The molecule has 1 saturated heterocycles. The number of rotatable bonds is 7. The molecule has 2 aromatic carbocycles. The molecular weight excluding hydrogens is 529 g/mol. The average Bonchev–Trinajstić information content (AvgIpc) is 3.01. The Bertz CT molecular complexity index is 1140. The van der Waals surface area contributed by atoms with E-state index in [-0.39, 0.29) is 9.34 Å². The van der Waals surface area contributed by atoms with Crippen molar-refractivity contribution in [3.05, 3.63) is 55.9 Å². The lowest BCUT2D eigenvalue weighted by molar-refractivity contribution is -0.123. The number of hydrogen-bond donors (Lipinski definition) is 2. The van der Waals surface area contributed by atoms with E-state index >= 15 is 0 Å². The summed E-state index contributed by atoms with van der Waals surface area (Å²) in [6.07, 6.45) is 1.61. The van der Waals surface area contributed by atoms with Gasteiger partial charge < -0.3 is 14.8 Å². The molecule has 1 aliphatic heterocycles. The summed E-state index contributed by atoms with van der Waals surface area (Å²) in [6, 6.07) is 7.31. The SMILES string of the molecule is CCOc1cc(/C=C2/SC(=S)N(NC(=O)Nc3ccc(Cl)c(Cl)c3)C2=O)cc(Cl)c1OCC. The maximum atomic E-state index is 12.9. The van der Waals surface area contributed by atoms with Gasteiger partial charge in [0.15, 0.2) is 15.8 Å². The van der Waals surface area contributed by atoms with Crippen molar-refractivity contribution in [3.63, 3.8) is 0 Å². The number of carbonyl (C=O) groups is 2. The average molecular weight is 547 g/mol. The molecule has 0 unspecified atom stereocenters. The monoisotopic (exact) mass is 545 g/mol. The second-order valence-corrected chi connectivity index (χ2v) is 9.31. The Morgan fingerprint density at radius 3 is 2.48 bits per heavy atom. The van der Waals surface area contributed by atoms with Gasteiger partial charge in [-0.15, -0.1) is 0 Å². The summed E-state index contributed by atoms with van der Waals surface area (Å²) in [5.74, 6) is 0.413. The molecule has 2 N–H and O–H groups in total. The molecule has 2 aromatic rings. The van der Waals surface area contributed by atoms with Crippen LogP contribution in [0, 0.1) is 0 Å². The molecular formula is C21H18Cl3N3O4S2. The molecule has 0 radical (unpaired) electrons. The predicted molar refractivity (Wildman–Crippen MR) is 137 cm³/mol. The Hall–Kier alpha value is -2.17. The van der Waals surface area contributed by atoms with E-state index in [1.165, 1.54) is 6.07 Å². The molecule has 1 fully saturated rings. The number of nitrogens with one attached hydrogen (secondary N) is 2. The fourth-order valence-electron chi connectivity index (χ4n) is 2.77. The van der Waals surface area contributed by atoms with Gasteiger partial charge in [-0.2, -0.15) is 5.01 Å². The third-order valence-corrected chi connectivity index (χ3v) is 6.42. The molecule has 0 aromatic heterocycles. The van der Waals surface area contributed by atoms with Gasteiger partial charge in [-0.1, -0.05) is 46.6 Å². The van der Waals surface area contributed by atoms with Crippen LogP contribution in [-0.4, -0.2) is 34.5 Å². The van der Waals surface area contributed by atoms with Gasteiger partial charge in [0.05, 0.1) is 33.2 Å². The molecule has 174 valence electrons. The van der Waals surface area contributed by atoms with Crippen molar-refractivity contribution < 1.29 is 19.1 Å². The highest BCUT2D eigenvalue weighted by molar-refractivity contribution is 8.26. The van der Waals surface area contributed by atoms with E-state index in [2.05, 4.69) is 10.7 Å². The number of amides is 3. The maximum Gasteiger partial charge on any atom is 0.338 e. The van der Waals surface area contributed by atoms with Gasteiger partial charge in [0, 0.05) is 5.69 Å². The van der Waals surface area contributed by atoms with E-state index in [1.54, 1.807) is 30.3 Å². The molecule has 1 aliphatic rings. The Morgan fingerprint density at radius 2 is 1.82 bits per heavy atom. The molecule has 0 saturated carbocycles. The summed E-state index contributed by atoms with van der Waals surface area (Å²) in [7, 11) is 0. The summed E-state index contributed by atoms with van der Waals surface area (Å²) < 4.78 is 11.3. The van der Waals surface area contributed by atoms with Crippen LogP contribution in [0.4, 0.5) is 10.5 Å². The largest absolute Gasteiger partial charge is 0.490 e. The Balaban J connectivity index is 1.76. The summed E-state index contributed by atoms with van der Waals surface area (Å²) in [5.41, 5.74) is 3.45. The van der Waals surface area contributed by atoms with Crippen LogP contribution in [0.2, 0.25) is 15.1 Å². The molecule has 3 amide bonds. The smallest absolute Gasteiger partial charge is 0.338 e. The number of benzene rings is 2. The third kappa shape index (κ3) is 6.24. The van der Waals surface area contributed by atoms with Crippen LogP contribution < -0.4 is 20.2 Å². The summed E-state index contributed by atoms with van der Waals surface area (Å²) in [4.78, 5) is 25.5. The topological polar surface area (TPSA) is 79.9 Å². The maximum absolute atomic E-state index is 12.9. The summed E-state index contributed by atoms with van der Waals surface area (Å²) in [6.45, 7) is 4.53. The number of thiocarbonyl (C=S) groups is 1. The van der Waals surface area contributed by atoms with Gasteiger partial charge in [-0.05, 0) is 68.0 Å². The zero-order valence-electron chi connectivity index (χ0n) is 17.4. The fraction of sp³-hybridized carbons (Fsp3) is 0.190. The van der Waals surface area contributed by atoms with Gasteiger partial charge in [0.25, 0.3) is 5.91 Å². The van der Waals surface area contributed by atoms with Crippen LogP contribution in [-0.2, 0) is 4.79 Å². The van der Waals surface area contributed by atoms with Crippen LogP contribution in [0.15, 0.2) is 35.2 Å². The number of ether oxygens (including phenoxy) is 2. The first-order chi connectivity index (χ1) is 15.7. The van der Waals surface area contributed by atoms with Crippen molar-refractivity contribution in [1.29, 1.82) is 0 Å². The van der Waals surface area contributed by atoms with Crippen molar-refractivity contribution in [3.8, 4) is 11.5 Å². The Kier molecular flexibility index (Phi) is 8.72. The molecule has 3 rings (SSSR count). The number of thioether (sulfide) groups is 1. The van der Waals surface area contributed by atoms with Gasteiger partial charge in [0.2, 0.25) is 0 Å². The van der Waals surface area contributed by atoms with Crippen molar-refractivity contribution in [1.82, 2.24) is 10.4 Å². The molecule has 7 nitrogen and oxygen atoms in total. The first kappa shape index (κ1) is 25.5. The van der Waals surface area contributed by atoms with Crippen LogP contribution in [0.3, 0.4) is 0 Å². The second kappa shape index (κ2) is 11.3. The zero-order valence-corrected chi connectivity index (χ0v) is 21.3. The lowest BCUT2D eigenvalue weighted by Crippen LogP contribution is -2.46. The lowest BCUT2D eigenvalue weighted by Gasteiger charge is -2.16. The van der Waals surface area contributed by atoms with Gasteiger partial charge in [-0.25, -0.2) is 10.2 Å². The van der Waals surface area contributed by atoms with E-state index in [4.69, 9.17) is 56.5 Å². The van der Waals surface area contributed by atoms with Crippen LogP contribution in [0.25, 0.3) is 6.08 Å². The molecule has 12 heteroatoms. The minimum Gasteiger partial charge on any atom is -0.490 e. The first-order valence-electron chi connectivity index (χ1n) is 9.63. The molecule has 0 spiro atoms. The minimum absolute atomic E-state index is 0.164. The van der Waals surface area contributed by atoms with Crippen molar-refractivity contribution in [2.45, 2.75) is 13.8 Å². The quantitative estimate of drug-likeness (QED) is 0.310. The van der Waals surface area contributed by atoms with E-state index in [1.807, 2.05) is 13.8 Å². The standard InChI is InChI=1S/C21H18Cl3N3O4S2/c1-3-30-16-8-11(7-15(24)18(16)31-4-2)9-17-19(28)27(21(32)33-17)26-20(29)25-12-5-6-13(22)14(23)10-12/h5-10H,3-4H2,1-2H3,(H2,25,26,29)/b17-9+. The van der Waals surface area contributed by atoms with Gasteiger partial charge in [0.1, 0.15) is 0 Å². The van der Waals surface area contributed by atoms with E-state index in [0.29, 0.717) is 50.9 Å². The van der Waals surface area contributed by atoms with Crippen molar-refractivity contribution >= 4 is 86.8 Å². The molecule has 0 atom stereocenters. The molecule has 0 aliphatic carbocycles. The van der Waals surface area contributed by atoms with Crippen LogP contribution >= 0.6 is 58.8 Å². The minimum atomic E-state index is -0.673. The molecule has 33 heavy (non-hydrogen) atoms. The number of carbonyl (C=O) groups excluding carboxylic acids is 2. The van der Waals surface area contributed by atoms with E-state index < -0.39 is 11.9 Å². The second-order valence-electron chi connectivity index (χ2n) is 6.41. The van der Waals surface area contributed by atoms with Crippen LogP contribution in [0.5, 0.6) is 11.5 Å². The number of nitrogens with zero attached hydrogens (tertiary/aromatic N) is 1. The number of halogens is 3. The van der Waals surface area contributed by atoms with Gasteiger partial charge >= 0.3 is 6.03 Å². The summed E-state index contributed by atoms with van der Waals surface area (Å²) >= 11 is 24.5.